The largest absolute Gasteiger partial charge is 0.412 e. The summed E-state index contributed by atoms with van der Waals surface area (Å²) in [5.74, 6) is 0. The van der Waals surface area contributed by atoms with E-state index < -0.39 is 4.92 Å². The topological polar surface area (TPSA) is 74.6 Å². The van der Waals surface area contributed by atoms with E-state index in [0.29, 0.717) is 0 Å². The first kappa shape index (κ1) is 9.54. The van der Waals surface area contributed by atoms with Crippen LogP contribution in [-0.4, -0.2) is 10.4 Å². The van der Waals surface area contributed by atoms with Crippen molar-refractivity contribution in [1.29, 1.82) is 0 Å². The van der Waals surface area contributed by atoms with E-state index in [9.17, 15) is 10.1 Å². The molecule has 0 bridgehead atoms. The molecule has 0 aliphatic carbocycles. The summed E-state index contributed by atoms with van der Waals surface area (Å²) in [5, 5.41) is 10.2. The van der Waals surface area contributed by atoms with E-state index in [1.807, 2.05) is 0 Å². The van der Waals surface area contributed by atoms with Crippen molar-refractivity contribution < 1.29 is 10.4 Å². The second-order valence-corrected chi connectivity index (χ2v) is 3.78. The van der Waals surface area contributed by atoms with Crippen LogP contribution in [0.2, 0.25) is 0 Å². The van der Waals surface area contributed by atoms with E-state index in [1.54, 1.807) is 6.07 Å². The van der Waals surface area contributed by atoms with Gasteiger partial charge >= 0.3 is 5.00 Å². The molecule has 0 aliphatic heterocycles. The monoisotopic (exact) mass is 225 g/mol. The first-order valence-electron chi connectivity index (χ1n) is 2.10. The third-order valence-electron chi connectivity index (χ3n) is 0.739. The van der Waals surface area contributed by atoms with Gasteiger partial charge in [0.25, 0.3) is 0 Å². The summed E-state index contributed by atoms with van der Waals surface area (Å²) in [7, 11) is 0. The fraction of sp³-hybridized carbons (Fsp3) is 0. The molecule has 0 atom stereocenters. The van der Waals surface area contributed by atoms with Crippen LogP contribution in [0, 0.1) is 10.1 Å². The second-order valence-electron chi connectivity index (χ2n) is 1.33. The van der Waals surface area contributed by atoms with Crippen molar-refractivity contribution in [3.05, 3.63) is 26.0 Å². The molecule has 0 aliphatic rings. The van der Waals surface area contributed by atoms with Gasteiger partial charge < -0.3 is 5.48 Å². The predicted octanol–water partition coefficient (Wildman–Crippen LogP) is 1.59. The molecule has 1 rings (SSSR count). The highest BCUT2D eigenvalue weighted by molar-refractivity contribution is 9.11. The third kappa shape index (κ3) is 2.05. The van der Waals surface area contributed by atoms with Gasteiger partial charge in [0, 0.05) is 6.07 Å². The average Bonchev–Trinajstić information content (AvgIpc) is 2.14. The number of thiophene rings is 1. The molecule has 1 aromatic heterocycles. The second kappa shape index (κ2) is 3.65. The van der Waals surface area contributed by atoms with Crippen LogP contribution in [0.15, 0.2) is 15.9 Å². The SMILES string of the molecule is O.O=[N+]([O-])c1ccc(Br)s1. The molecule has 56 valence electrons. The number of hydrogen-bond acceptors (Lipinski definition) is 3. The third-order valence-corrected chi connectivity index (χ3v) is 2.31. The molecular formula is C4H4BrNO3S. The fourth-order valence-electron chi connectivity index (χ4n) is 0.403. The number of nitro groups is 1. The number of rotatable bonds is 1. The molecule has 0 amide bonds. The van der Waals surface area contributed by atoms with E-state index in [2.05, 4.69) is 15.9 Å². The Morgan fingerprint density at radius 3 is 2.40 bits per heavy atom. The summed E-state index contributed by atoms with van der Waals surface area (Å²) >= 11 is 4.23. The Kier molecular flexibility index (Phi) is 3.48. The van der Waals surface area contributed by atoms with E-state index in [1.165, 1.54) is 6.07 Å². The summed E-state index contributed by atoms with van der Waals surface area (Å²) < 4.78 is 0.786. The summed E-state index contributed by atoms with van der Waals surface area (Å²) in [6, 6.07) is 3.12. The lowest BCUT2D eigenvalue weighted by Crippen LogP contribution is -1.80. The number of hydrogen-bond donors (Lipinski definition) is 0. The average molecular weight is 226 g/mol. The molecule has 0 saturated heterocycles. The van der Waals surface area contributed by atoms with Gasteiger partial charge in [0.2, 0.25) is 0 Å². The van der Waals surface area contributed by atoms with Gasteiger partial charge in [-0.1, -0.05) is 11.3 Å². The van der Waals surface area contributed by atoms with Gasteiger partial charge in [0.05, 0.1) is 8.71 Å². The highest BCUT2D eigenvalue weighted by Gasteiger charge is 2.06. The molecule has 0 saturated carbocycles. The molecule has 6 heteroatoms. The Hall–Kier alpha value is -0.460. The first-order chi connectivity index (χ1) is 4.20. The van der Waals surface area contributed by atoms with Crippen LogP contribution in [0.25, 0.3) is 0 Å². The van der Waals surface area contributed by atoms with E-state index in [0.717, 1.165) is 15.1 Å². The quantitative estimate of drug-likeness (QED) is 0.538. The van der Waals surface area contributed by atoms with Gasteiger partial charge in [0.1, 0.15) is 0 Å². The van der Waals surface area contributed by atoms with E-state index in [4.69, 9.17) is 0 Å². The molecular weight excluding hydrogens is 222 g/mol. The Balaban J connectivity index is 0.000000810. The van der Waals surface area contributed by atoms with Crippen molar-refractivity contribution in [3.8, 4) is 0 Å². The Morgan fingerprint density at radius 1 is 1.60 bits per heavy atom. The van der Waals surface area contributed by atoms with Gasteiger partial charge in [-0.15, -0.1) is 0 Å². The molecule has 0 unspecified atom stereocenters. The van der Waals surface area contributed by atoms with E-state index in [-0.39, 0.29) is 10.5 Å². The van der Waals surface area contributed by atoms with Crippen LogP contribution in [0.5, 0.6) is 0 Å². The zero-order valence-corrected chi connectivity index (χ0v) is 7.11. The predicted molar refractivity (Wildman–Crippen MR) is 42.3 cm³/mol. The van der Waals surface area contributed by atoms with Gasteiger partial charge in [-0.2, -0.15) is 0 Å². The standard InChI is InChI=1S/C4H2BrNO2S.H2O/c5-3-1-2-4(9-3)6(7)8;/h1-2H;1H2. The molecule has 10 heavy (non-hydrogen) atoms. The maximum atomic E-state index is 10.0. The van der Waals surface area contributed by atoms with Crippen LogP contribution in [0.3, 0.4) is 0 Å². The van der Waals surface area contributed by atoms with Gasteiger partial charge in [-0.05, 0) is 22.0 Å². The van der Waals surface area contributed by atoms with Crippen molar-refractivity contribution in [1.82, 2.24) is 0 Å². The van der Waals surface area contributed by atoms with Crippen LogP contribution in [-0.2, 0) is 0 Å². The van der Waals surface area contributed by atoms with Crippen molar-refractivity contribution in [2.75, 3.05) is 0 Å². The lowest BCUT2D eigenvalue weighted by atomic mass is 10.6. The Morgan fingerprint density at radius 2 is 2.20 bits per heavy atom. The van der Waals surface area contributed by atoms with Crippen molar-refractivity contribution in [2.45, 2.75) is 0 Å². The summed E-state index contributed by atoms with van der Waals surface area (Å²) in [5.41, 5.74) is 0. The van der Waals surface area contributed by atoms with E-state index >= 15 is 0 Å². The van der Waals surface area contributed by atoms with Crippen molar-refractivity contribution in [3.63, 3.8) is 0 Å². The minimum absolute atomic E-state index is 0. The highest BCUT2D eigenvalue weighted by Crippen LogP contribution is 2.27. The van der Waals surface area contributed by atoms with Crippen LogP contribution < -0.4 is 0 Å². The molecule has 0 aromatic carbocycles. The molecule has 1 aromatic rings. The molecule has 0 fully saturated rings. The lowest BCUT2D eigenvalue weighted by molar-refractivity contribution is -0.380. The lowest BCUT2D eigenvalue weighted by Gasteiger charge is -1.77. The maximum Gasteiger partial charge on any atom is 0.325 e. The van der Waals surface area contributed by atoms with Gasteiger partial charge in [-0.25, -0.2) is 0 Å². The van der Waals surface area contributed by atoms with Gasteiger partial charge in [-0.3, -0.25) is 10.1 Å². The van der Waals surface area contributed by atoms with Crippen molar-refractivity contribution >= 4 is 32.3 Å². The molecule has 0 radical (unpaired) electrons. The number of nitrogens with zero attached hydrogens (tertiary/aromatic N) is 1. The summed E-state index contributed by atoms with van der Waals surface area (Å²) in [6.45, 7) is 0. The fourth-order valence-corrected chi connectivity index (χ4v) is 1.58. The molecule has 1 heterocycles. The van der Waals surface area contributed by atoms with Crippen LogP contribution >= 0.6 is 27.3 Å². The Bertz CT molecular complexity index is 236. The Labute approximate surface area is 69.1 Å². The van der Waals surface area contributed by atoms with Gasteiger partial charge in [0.15, 0.2) is 0 Å². The zero-order valence-electron chi connectivity index (χ0n) is 4.70. The van der Waals surface area contributed by atoms with Crippen LogP contribution in [0.4, 0.5) is 5.00 Å². The molecule has 0 spiro atoms. The number of halogens is 1. The van der Waals surface area contributed by atoms with Crippen LogP contribution in [0.1, 0.15) is 0 Å². The zero-order chi connectivity index (χ0) is 6.85. The normalized spacial score (nSPS) is 8.50. The highest BCUT2D eigenvalue weighted by atomic mass is 79.9. The summed E-state index contributed by atoms with van der Waals surface area (Å²) in [6.07, 6.45) is 0. The van der Waals surface area contributed by atoms with Crippen molar-refractivity contribution in [2.24, 2.45) is 0 Å². The summed E-state index contributed by atoms with van der Waals surface area (Å²) in [4.78, 5) is 9.60. The minimum Gasteiger partial charge on any atom is -0.412 e. The molecule has 4 nitrogen and oxygen atoms in total. The minimum atomic E-state index is -0.407. The first-order valence-corrected chi connectivity index (χ1v) is 3.71. The molecule has 2 N–H and O–H groups in total. The smallest absolute Gasteiger partial charge is 0.325 e. The maximum absolute atomic E-state index is 10.0.